The van der Waals surface area contributed by atoms with Crippen molar-refractivity contribution in [2.45, 2.75) is 31.8 Å². The lowest BCUT2D eigenvalue weighted by Crippen LogP contribution is -2.51. The Kier molecular flexibility index (Phi) is 8.69. The van der Waals surface area contributed by atoms with Crippen molar-refractivity contribution in [2.24, 2.45) is 0 Å². The molecule has 2 atom stereocenters. The zero-order valence-corrected chi connectivity index (χ0v) is 15.6. The highest BCUT2D eigenvalue weighted by atomic mass is 35.5. The van der Waals surface area contributed by atoms with Gasteiger partial charge in [0.2, 0.25) is 0 Å². The van der Waals surface area contributed by atoms with Gasteiger partial charge in [0, 0.05) is 23.8 Å². The molecule has 1 aliphatic heterocycles. The number of nitrogens with zero attached hydrogens (tertiary/aromatic N) is 1. The molecule has 1 aromatic heterocycles. The number of amides is 1. The Labute approximate surface area is 160 Å². The average molecular weight is 384 g/mol. The largest absolute Gasteiger partial charge is 0.456 e. The minimum atomic E-state index is -0.0431. The zero-order valence-electron chi connectivity index (χ0n) is 14.0. The summed E-state index contributed by atoms with van der Waals surface area (Å²) in [7, 11) is 0. The van der Waals surface area contributed by atoms with E-state index in [1.54, 1.807) is 36.7 Å². The van der Waals surface area contributed by atoms with E-state index in [-0.39, 0.29) is 36.8 Å². The number of benzene rings is 1. The standard InChI is InChI=1S/C18H21N3O2.2ClH/c1-13-17(5-3-11-20-13)21-18(22)14-6-8-15(9-7-14)23-16-4-2-10-19-12-16;;/h2,4,6-10,12-13,17,20H,3,5,11H2,1H3,(H,21,22);2*1H. The minimum absolute atomic E-state index is 0. The SMILES string of the molecule is CC1NCCCC1NC(=O)c1ccc(Oc2cccnc2)cc1.Cl.Cl. The first-order valence-electron chi connectivity index (χ1n) is 7.94. The van der Waals surface area contributed by atoms with Crippen LogP contribution in [-0.2, 0) is 0 Å². The van der Waals surface area contributed by atoms with E-state index in [1.807, 2.05) is 12.1 Å². The lowest BCUT2D eigenvalue weighted by atomic mass is 9.99. The van der Waals surface area contributed by atoms with Gasteiger partial charge in [0.1, 0.15) is 11.5 Å². The molecule has 2 unspecified atom stereocenters. The molecule has 2 N–H and O–H groups in total. The second kappa shape index (κ2) is 10.2. The van der Waals surface area contributed by atoms with Gasteiger partial charge in [0.25, 0.3) is 5.91 Å². The summed E-state index contributed by atoms with van der Waals surface area (Å²) in [6, 6.07) is 11.3. The third-order valence-corrected chi connectivity index (χ3v) is 4.06. The molecular weight excluding hydrogens is 361 g/mol. The summed E-state index contributed by atoms with van der Waals surface area (Å²) in [5.41, 5.74) is 0.640. The maximum atomic E-state index is 12.3. The van der Waals surface area contributed by atoms with Crippen LogP contribution in [0.3, 0.4) is 0 Å². The van der Waals surface area contributed by atoms with Gasteiger partial charge < -0.3 is 15.4 Å². The molecule has 1 aromatic carbocycles. The highest BCUT2D eigenvalue weighted by Crippen LogP contribution is 2.20. The molecule has 1 saturated heterocycles. The number of rotatable bonds is 4. The van der Waals surface area contributed by atoms with E-state index in [0.717, 1.165) is 19.4 Å². The van der Waals surface area contributed by atoms with Crippen molar-refractivity contribution in [3.8, 4) is 11.5 Å². The molecule has 2 heterocycles. The zero-order chi connectivity index (χ0) is 16.1. The summed E-state index contributed by atoms with van der Waals surface area (Å²) in [6.07, 6.45) is 5.45. The number of carbonyl (C=O) groups excluding carboxylic acids is 1. The van der Waals surface area contributed by atoms with E-state index in [9.17, 15) is 4.79 Å². The monoisotopic (exact) mass is 383 g/mol. The number of nitrogens with one attached hydrogen (secondary N) is 2. The van der Waals surface area contributed by atoms with Gasteiger partial charge in [-0.3, -0.25) is 9.78 Å². The number of piperidine rings is 1. The van der Waals surface area contributed by atoms with E-state index in [2.05, 4.69) is 22.5 Å². The van der Waals surface area contributed by atoms with Crippen LogP contribution in [0, 0.1) is 0 Å². The predicted octanol–water partition coefficient (Wildman–Crippen LogP) is 3.59. The summed E-state index contributed by atoms with van der Waals surface area (Å²) >= 11 is 0. The van der Waals surface area contributed by atoms with Crippen molar-refractivity contribution in [2.75, 3.05) is 6.54 Å². The molecule has 2 aromatic rings. The highest BCUT2D eigenvalue weighted by molar-refractivity contribution is 5.94. The molecule has 0 saturated carbocycles. The van der Waals surface area contributed by atoms with E-state index >= 15 is 0 Å². The number of ether oxygens (including phenoxy) is 1. The van der Waals surface area contributed by atoms with Crippen LogP contribution in [0.1, 0.15) is 30.1 Å². The second-order valence-corrected chi connectivity index (χ2v) is 5.78. The molecule has 136 valence electrons. The van der Waals surface area contributed by atoms with Crippen molar-refractivity contribution in [3.05, 3.63) is 54.4 Å². The summed E-state index contributed by atoms with van der Waals surface area (Å²) in [5, 5.41) is 6.49. The number of hydrogen-bond acceptors (Lipinski definition) is 4. The molecule has 1 fully saturated rings. The van der Waals surface area contributed by atoms with Crippen LogP contribution in [0.15, 0.2) is 48.8 Å². The summed E-state index contributed by atoms with van der Waals surface area (Å²) < 4.78 is 5.68. The Balaban J connectivity index is 0.00000156. The lowest BCUT2D eigenvalue weighted by Gasteiger charge is -2.30. The van der Waals surface area contributed by atoms with E-state index in [0.29, 0.717) is 23.1 Å². The summed E-state index contributed by atoms with van der Waals surface area (Å²) in [5.74, 6) is 1.31. The first-order valence-corrected chi connectivity index (χ1v) is 7.94. The minimum Gasteiger partial charge on any atom is -0.456 e. The van der Waals surface area contributed by atoms with E-state index in [4.69, 9.17) is 4.74 Å². The molecule has 0 spiro atoms. The normalized spacial score (nSPS) is 19.1. The van der Waals surface area contributed by atoms with Gasteiger partial charge in [-0.1, -0.05) is 0 Å². The molecule has 25 heavy (non-hydrogen) atoms. The second-order valence-electron chi connectivity index (χ2n) is 5.78. The maximum absolute atomic E-state index is 12.3. The van der Waals surface area contributed by atoms with Gasteiger partial charge in [0.05, 0.1) is 6.20 Å². The maximum Gasteiger partial charge on any atom is 0.251 e. The molecule has 1 aliphatic rings. The van der Waals surface area contributed by atoms with Gasteiger partial charge >= 0.3 is 0 Å². The average Bonchev–Trinajstić information content (AvgIpc) is 2.58. The molecule has 0 radical (unpaired) electrons. The van der Waals surface area contributed by atoms with Crippen LogP contribution in [0.4, 0.5) is 0 Å². The van der Waals surface area contributed by atoms with Crippen molar-refractivity contribution in [1.82, 2.24) is 15.6 Å². The van der Waals surface area contributed by atoms with E-state index < -0.39 is 0 Å². The molecule has 0 bridgehead atoms. The van der Waals surface area contributed by atoms with Crippen molar-refractivity contribution >= 4 is 30.7 Å². The van der Waals surface area contributed by atoms with Gasteiger partial charge in [0.15, 0.2) is 0 Å². The summed E-state index contributed by atoms with van der Waals surface area (Å²) in [4.78, 5) is 16.3. The molecule has 5 nitrogen and oxygen atoms in total. The highest BCUT2D eigenvalue weighted by Gasteiger charge is 2.22. The van der Waals surface area contributed by atoms with Gasteiger partial charge in [-0.25, -0.2) is 0 Å². The number of carbonyl (C=O) groups is 1. The molecular formula is C18H23Cl2N3O2. The predicted molar refractivity (Wildman–Crippen MR) is 103 cm³/mol. The molecule has 7 heteroatoms. The Bertz CT molecular complexity index is 653. The van der Waals surface area contributed by atoms with Crippen LogP contribution < -0.4 is 15.4 Å². The number of aromatic nitrogens is 1. The smallest absolute Gasteiger partial charge is 0.251 e. The fourth-order valence-corrected chi connectivity index (χ4v) is 2.71. The molecule has 0 aliphatic carbocycles. The number of pyridine rings is 1. The third kappa shape index (κ3) is 5.88. The van der Waals surface area contributed by atoms with Crippen LogP contribution in [-0.4, -0.2) is 29.5 Å². The first-order chi connectivity index (χ1) is 11.2. The topological polar surface area (TPSA) is 63.2 Å². The Morgan fingerprint density at radius 2 is 1.96 bits per heavy atom. The fraction of sp³-hybridized carbons (Fsp3) is 0.333. The quantitative estimate of drug-likeness (QED) is 0.846. The Hall–Kier alpha value is -1.82. The van der Waals surface area contributed by atoms with Crippen molar-refractivity contribution in [1.29, 1.82) is 0 Å². The fourth-order valence-electron chi connectivity index (χ4n) is 2.71. The van der Waals surface area contributed by atoms with Gasteiger partial charge in [-0.15, -0.1) is 24.8 Å². The Morgan fingerprint density at radius 1 is 1.20 bits per heavy atom. The molecule has 3 rings (SSSR count). The summed E-state index contributed by atoms with van der Waals surface area (Å²) in [6.45, 7) is 3.13. The lowest BCUT2D eigenvalue weighted by molar-refractivity contribution is 0.0920. The number of halogens is 2. The van der Waals surface area contributed by atoms with Crippen LogP contribution in [0.2, 0.25) is 0 Å². The number of hydrogen-bond donors (Lipinski definition) is 2. The first kappa shape index (κ1) is 21.2. The molecule has 1 amide bonds. The van der Waals surface area contributed by atoms with Crippen molar-refractivity contribution < 1.29 is 9.53 Å². The van der Waals surface area contributed by atoms with E-state index in [1.165, 1.54) is 0 Å². The van der Waals surface area contributed by atoms with Crippen LogP contribution in [0.25, 0.3) is 0 Å². The van der Waals surface area contributed by atoms with Crippen LogP contribution in [0.5, 0.6) is 11.5 Å². The van der Waals surface area contributed by atoms with Gasteiger partial charge in [-0.05, 0) is 62.7 Å². The van der Waals surface area contributed by atoms with Crippen LogP contribution >= 0.6 is 24.8 Å². The van der Waals surface area contributed by atoms with Gasteiger partial charge in [-0.2, -0.15) is 0 Å². The third-order valence-electron chi connectivity index (χ3n) is 4.06. The van der Waals surface area contributed by atoms with Crippen molar-refractivity contribution in [3.63, 3.8) is 0 Å². The Morgan fingerprint density at radius 3 is 2.60 bits per heavy atom.